The van der Waals surface area contributed by atoms with Crippen LogP contribution in [-0.2, 0) is 0 Å². The van der Waals surface area contributed by atoms with Gasteiger partial charge in [-0.3, -0.25) is 19.7 Å². The van der Waals surface area contributed by atoms with Crippen LogP contribution in [0.4, 0.5) is 11.4 Å². The predicted molar refractivity (Wildman–Crippen MR) is 98.8 cm³/mol. The van der Waals surface area contributed by atoms with Gasteiger partial charge in [-0.25, -0.2) is 0 Å². The van der Waals surface area contributed by atoms with Crippen LogP contribution in [-0.4, -0.2) is 36.9 Å². The standard InChI is InChI=1S/C17H17ClN4O4/c1-19-16(23)13-10-11(22(25)26)6-7-15(13)20-8-9-21-17(24)12-4-2-3-5-14(12)18/h2-7,10,20H,8-9H2,1H3,(H,19,23)(H,21,24). The largest absolute Gasteiger partial charge is 0.383 e. The molecular formula is C17H17ClN4O4. The van der Waals surface area contributed by atoms with Crippen LogP contribution < -0.4 is 16.0 Å². The van der Waals surface area contributed by atoms with Crippen LogP contribution in [0.5, 0.6) is 0 Å². The molecule has 0 radical (unpaired) electrons. The van der Waals surface area contributed by atoms with Gasteiger partial charge in [0.15, 0.2) is 0 Å². The predicted octanol–water partition coefficient (Wildman–Crippen LogP) is 2.45. The van der Waals surface area contributed by atoms with E-state index in [0.29, 0.717) is 22.8 Å². The van der Waals surface area contributed by atoms with Gasteiger partial charge in [0.2, 0.25) is 0 Å². The van der Waals surface area contributed by atoms with Crippen molar-refractivity contribution in [3.63, 3.8) is 0 Å². The van der Waals surface area contributed by atoms with Crippen molar-refractivity contribution < 1.29 is 14.5 Å². The van der Waals surface area contributed by atoms with E-state index in [1.807, 2.05) is 0 Å². The first-order valence-corrected chi connectivity index (χ1v) is 8.09. The Balaban J connectivity index is 1.99. The quantitative estimate of drug-likeness (QED) is 0.390. The third kappa shape index (κ3) is 4.70. The van der Waals surface area contributed by atoms with Crippen LogP contribution in [0.1, 0.15) is 20.7 Å². The lowest BCUT2D eigenvalue weighted by molar-refractivity contribution is -0.384. The average Bonchev–Trinajstić information content (AvgIpc) is 2.64. The molecule has 8 nitrogen and oxygen atoms in total. The van der Waals surface area contributed by atoms with Crippen LogP contribution in [0.25, 0.3) is 0 Å². The van der Waals surface area contributed by atoms with Crippen LogP contribution >= 0.6 is 11.6 Å². The fourth-order valence-electron chi connectivity index (χ4n) is 2.24. The molecule has 9 heteroatoms. The molecule has 0 bridgehead atoms. The number of benzene rings is 2. The summed E-state index contributed by atoms with van der Waals surface area (Å²) in [4.78, 5) is 34.3. The summed E-state index contributed by atoms with van der Waals surface area (Å²) in [5.41, 5.74) is 0.776. The van der Waals surface area contributed by atoms with Crippen molar-refractivity contribution in [1.82, 2.24) is 10.6 Å². The summed E-state index contributed by atoms with van der Waals surface area (Å²) >= 11 is 5.96. The molecule has 26 heavy (non-hydrogen) atoms. The molecule has 0 aliphatic carbocycles. The van der Waals surface area contributed by atoms with Gasteiger partial charge >= 0.3 is 0 Å². The van der Waals surface area contributed by atoms with Crippen LogP contribution in [0.3, 0.4) is 0 Å². The fourth-order valence-corrected chi connectivity index (χ4v) is 2.46. The Kier molecular flexibility index (Phi) is 6.51. The minimum atomic E-state index is -0.569. The molecule has 136 valence electrons. The molecule has 0 heterocycles. The second-order valence-corrected chi connectivity index (χ2v) is 5.64. The molecular weight excluding hydrogens is 360 g/mol. The van der Waals surface area contributed by atoms with E-state index in [1.165, 1.54) is 25.2 Å². The second kappa shape index (κ2) is 8.82. The highest BCUT2D eigenvalue weighted by molar-refractivity contribution is 6.33. The maximum atomic E-state index is 12.1. The number of anilines is 1. The van der Waals surface area contributed by atoms with Gasteiger partial charge in [-0.1, -0.05) is 23.7 Å². The second-order valence-electron chi connectivity index (χ2n) is 5.23. The number of nitro groups is 1. The highest BCUT2D eigenvalue weighted by atomic mass is 35.5. The van der Waals surface area contributed by atoms with E-state index in [0.717, 1.165) is 0 Å². The molecule has 0 aliphatic heterocycles. The van der Waals surface area contributed by atoms with Crippen molar-refractivity contribution in [3.05, 3.63) is 68.7 Å². The Labute approximate surface area is 154 Å². The number of hydrogen-bond donors (Lipinski definition) is 3. The maximum absolute atomic E-state index is 12.1. The zero-order valence-corrected chi connectivity index (χ0v) is 14.7. The summed E-state index contributed by atoms with van der Waals surface area (Å²) in [5, 5.41) is 19.4. The lowest BCUT2D eigenvalue weighted by atomic mass is 10.1. The topological polar surface area (TPSA) is 113 Å². The number of amides is 2. The number of non-ortho nitro benzene ring substituents is 1. The Morgan fingerprint density at radius 1 is 1.08 bits per heavy atom. The van der Waals surface area contributed by atoms with E-state index in [1.54, 1.807) is 24.3 Å². The summed E-state index contributed by atoms with van der Waals surface area (Å²) in [6, 6.07) is 10.6. The third-order valence-corrected chi connectivity index (χ3v) is 3.86. The summed E-state index contributed by atoms with van der Waals surface area (Å²) in [6.45, 7) is 0.590. The molecule has 0 saturated carbocycles. The van der Waals surface area contributed by atoms with E-state index in [4.69, 9.17) is 11.6 Å². The number of nitro benzene ring substituents is 1. The van der Waals surface area contributed by atoms with Crippen molar-refractivity contribution in [1.29, 1.82) is 0 Å². The smallest absolute Gasteiger partial charge is 0.270 e. The molecule has 0 aromatic heterocycles. The average molecular weight is 377 g/mol. The number of carbonyl (C=O) groups is 2. The lowest BCUT2D eigenvalue weighted by Crippen LogP contribution is -2.29. The molecule has 2 aromatic carbocycles. The van der Waals surface area contributed by atoms with Gasteiger partial charge in [-0.15, -0.1) is 0 Å². The monoisotopic (exact) mass is 376 g/mol. The maximum Gasteiger partial charge on any atom is 0.270 e. The number of nitrogens with zero attached hydrogens (tertiary/aromatic N) is 1. The zero-order valence-electron chi connectivity index (χ0n) is 13.9. The summed E-state index contributed by atoms with van der Waals surface area (Å²) in [5.74, 6) is -0.760. The first-order chi connectivity index (χ1) is 12.4. The zero-order chi connectivity index (χ0) is 19.1. The van der Waals surface area contributed by atoms with Crippen LogP contribution in [0, 0.1) is 10.1 Å². The number of carbonyl (C=O) groups excluding carboxylic acids is 2. The van der Waals surface area contributed by atoms with Crippen molar-refractivity contribution >= 4 is 34.8 Å². The SMILES string of the molecule is CNC(=O)c1cc([N+](=O)[O-])ccc1NCCNC(=O)c1ccccc1Cl. The van der Waals surface area contributed by atoms with Crippen LogP contribution in [0.2, 0.25) is 5.02 Å². The normalized spacial score (nSPS) is 10.1. The van der Waals surface area contributed by atoms with E-state index < -0.39 is 10.8 Å². The highest BCUT2D eigenvalue weighted by Crippen LogP contribution is 2.22. The molecule has 3 N–H and O–H groups in total. The van der Waals surface area contributed by atoms with Crippen molar-refractivity contribution in [3.8, 4) is 0 Å². The number of hydrogen-bond acceptors (Lipinski definition) is 5. The summed E-state index contributed by atoms with van der Waals surface area (Å²) in [6.07, 6.45) is 0. The molecule has 0 saturated heterocycles. The number of nitrogens with one attached hydrogen (secondary N) is 3. The van der Waals surface area contributed by atoms with Crippen LogP contribution in [0.15, 0.2) is 42.5 Å². The Bertz CT molecular complexity index is 841. The molecule has 2 rings (SSSR count). The molecule has 0 aliphatic rings. The minimum Gasteiger partial charge on any atom is -0.383 e. The highest BCUT2D eigenvalue weighted by Gasteiger charge is 2.16. The van der Waals surface area contributed by atoms with Crippen molar-refractivity contribution in [2.45, 2.75) is 0 Å². The molecule has 0 unspecified atom stereocenters. The molecule has 2 aromatic rings. The number of halogens is 1. The van der Waals surface area contributed by atoms with Gasteiger partial charge in [0.25, 0.3) is 17.5 Å². The minimum absolute atomic E-state index is 0.152. The molecule has 0 atom stereocenters. The molecule has 0 fully saturated rings. The van der Waals surface area contributed by atoms with Gasteiger partial charge in [-0.05, 0) is 18.2 Å². The van der Waals surface area contributed by atoms with E-state index in [-0.39, 0.29) is 23.7 Å². The van der Waals surface area contributed by atoms with Crippen molar-refractivity contribution in [2.75, 3.05) is 25.5 Å². The van der Waals surface area contributed by atoms with E-state index in [9.17, 15) is 19.7 Å². The van der Waals surface area contributed by atoms with Gasteiger partial charge < -0.3 is 16.0 Å². The third-order valence-electron chi connectivity index (χ3n) is 3.53. The van der Waals surface area contributed by atoms with Gasteiger partial charge in [0, 0.05) is 38.0 Å². The van der Waals surface area contributed by atoms with Gasteiger partial charge in [-0.2, -0.15) is 0 Å². The fraction of sp³-hybridized carbons (Fsp3) is 0.176. The Hall–Kier alpha value is -3.13. The van der Waals surface area contributed by atoms with E-state index >= 15 is 0 Å². The molecule has 0 spiro atoms. The lowest BCUT2D eigenvalue weighted by Gasteiger charge is -2.12. The molecule has 2 amide bonds. The first-order valence-electron chi connectivity index (χ1n) is 7.71. The Morgan fingerprint density at radius 2 is 1.81 bits per heavy atom. The number of rotatable bonds is 7. The van der Waals surface area contributed by atoms with Gasteiger partial charge in [0.1, 0.15) is 0 Å². The summed E-state index contributed by atoms with van der Waals surface area (Å²) < 4.78 is 0. The summed E-state index contributed by atoms with van der Waals surface area (Å²) in [7, 11) is 1.44. The van der Waals surface area contributed by atoms with Gasteiger partial charge in [0.05, 0.1) is 21.1 Å². The first kappa shape index (κ1) is 19.2. The van der Waals surface area contributed by atoms with E-state index in [2.05, 4.69) is 16.0 Å². The Morgan fingerprint density at radius 3 is 2.46 bits per heavy atom. The van der Waals surface area contributed by atoms with Crippen molar-refractivity contribution in [2.24, 2.45) is 0 Å².